The van der Waals surface area contributed by atoms with Gasteiger partial charge < -0.3 is 10.3 Å². The minimum atomic E-state index is -4.49. The van der Waals surface area contributed by atoms with Gasteiger partial charge in [-0.15, -0.1) is 0 Å². The molecule has 0 amide bonds. The van der Waals surface area contributed by atoms with Gasteiger partial charge in [-0.05, 0) is 48.9 Å². The second kappa shape index (κ2) is 7.15. The fourth-order valence-electron chi connectivity index (χ4n) is 1.54. The van der Waals surface area contributed by atoms with Gasteiger partial charge in [-0.2, -0.15) is 10.2 Å². The van der Waals surface area contributed by atoms with Gasteiger partial charge in [-0.3, -0.25) is 0 Å². The Morgan fingerprint density at radius 2 is 1.67 bits per heavy atom. The standard InChI is InChI=1S/C13H13N3O3S.Na/c1-9-7-11(5-6-13(9)14)16-15-10-3-2-4-12(8-10)20(17,18)19;/h2-8H,14H2,1H3,(H,17,18,19);/q;+1/p-1. The molecule has 2 aromatic carbocycles. The molecule has 0 fully saturated rings. The SMILES string of the molecule is Cc1cc(N=Nc2cccc(S(=O)(=O)[O-])c2)ccc1N.[Na+]. The normalized spacial score (nSPS) is 11.3. The van der Waals surface area contributed by atoms with Gasteiger partial charge in [0.2, 0.25) is 0 Å². The number of azo groups is 1. The summed E-state index contributed by atoms with van der Waals surface area (Å²) >= 11 is 0. The topological polar surface area (TPSA) is 108 Å². The molecule has 0 unspecified atom stereocenters. The summed E-state index contributed by atoms with van der Waals surface area (Å²) in [7, 11) is -4.49. The van der Waals surface area contributed by atoms with E-state index in [2.05, 4.69) is 10.2 Å². The van der Waals surface area contributed by atoms with Crippen molar-refractivity contribution in [2.24, 2.45) is 10.2 Å². The van der Waals surface area contributed by atoms with E-state index in [0.717, 1.165) is 5.56 Å². The van der Waals surface area contributed by atoms with Crippen molar-refractivity contribution < 1.29 is 42.5 Å². The average Bonchev–Trinajstić information content (AvgIpc) is 2.39. The molecular formula is C13H12N3NaO3S. The predicted molar refractivity (Wildman–Crippen MR) is 74.2 cm³/mol. The van der Waals surface area contributed by atoms with Gasteiger partial charge in [0, 0.05) is 5.69 Å². The number of aryl methyl sites for hydroxylation is 1. The molecule has 0 spiro atoms. The van der Waals surface area contributed by atoms with Crippen molar-refractivity contribution in [3.8, 4) is 0 Å². The van der Waals surface area contributed by atoms with Crippen LogP contribution < -0.4 is 35.3 Å². The van der Waals surface area contributed by atoms with Crippen LogP contribution in [0.5, 0.6) is 0 Å². The van der Waals surface area contributed by atoms with Crippen molar-refractivity contribution in [2.75, 3.05) is 5.73 Å². The zero-order chi connectivity index (χ0) is 14.8. The van der Waals surface area contributed by atoms with Crippen molar-refractivity contribution in [1.82, 2.24) is 0 Å². The van der Waals surface area contributed by atoms with E-state index in [1.165, 1.54) is 18.2 Å². The summed E-state index contributed by atoms with van der Waals surface area (Å²) in [5, 5.41) is 7.88. The summed E-state index contributed by atoms with van der Waals surface area (Å²) in [5.74, 6) is 0. The molecule has 0 aliphatic rings. The van der Waals surface area contributed by atoms with Gasteiger partial charge >= 0.3 is 29.6 Å². The number of nitrogens with zero attached hydrogens (tertiary/aromatic N) is 2. The number of anilines is 1. The van der Waals surface area contributed by atoms with E-state index in [-0.39, 0.29) is 40.1 Å². The number of hydrogen-bond acceptors (Lipinski definition) is 6. The van der Waals surface area contributed by atoms with Gasteiger partial charge in [0.1, 0.15) is 10.1 Å². The van der Waals surface area contributed by atoms with Crippen LogP contribution in [0.2, 0.25) is 0 Å². The van der Waals surface area contributed by atoms with Gasteiger partial charge in [-0.25, -0.2) is 8.42 Å². The van der Waals surface area contributed by atoms with Gasteiger partial charge in [0.25, 0.3) is 0 Å². The third-order valence-corrected chi connectivity index (χ3v) is 3.47. The summed E-state index contributed by atoms with van der Waals surface area (Å²) in [5.41, 5.74) is 8.10. The van der Waals surface area contributed by atoms with Crippen molar-refractivity contribution in [3.63, 3.8) is 0 Å². The van der Waals surface area contributed by atoms with Crippen LogP contribution in [0.25, 0.3) is 0 Å². The largest absolute Gasteiger partial charge is 1.00 e. The first kappa shape index (κ1) is 17.8. The molecule has 0 aliphatic carbocycles. The maximum absolute atomic E-state index is 10.9. The van der Waals surface area contributed by atoms with Crippen molar-refractivity contribution in [3.05, 3.63) is 48.0 Å². The van der Waals surface area contributed by atoms with Crippen LogP contribution in [0.1, 0.15) is 5.56 Å². The molecule has 0 aliphatic heterocycles. The quantitative estimate of drug-likeness (QED) is 0.369. The van der Waals surface area contributed by atoms with Gasteiger partial charge in [0.05, 0.1) is 16.3 Å². The Morgan fingerprint density at radius 1 is 1.05 bits per heavy atom. The third kappa shape index (κ3) is 4.90. The molecule has 2 N–H and O–H groups in total. The minimum Gasteiger partial charge on any atom is -0.744 e. The summed E-state index contributed by atoms with van der Waals surface area (Å²) in [4.78, 5) is -0.331. The second-order valence-corrected chi connectivity index (χ2v) is 5.57. The van der Waals surface area contributed by atoms with Crippen LogP contribution in [0, 0.1) is 6.92 Å². The minimum absolute atomic E-state index is 0. The Bertz CT molecular complexity index is 776. The smallest absolute Gasteiger partial charge is 0.744 e. The molecule has 0 radical (unpaired) electrons. The fraction of sp³-hybridized carbons (Fsp3) is 0.0769. The third-order valence-electron chi connectivity index (χ3n) is 2.64. The molecule has 0 atom stereocenters. The monoisotopic (exact) mass is 313 g/mol. The number of nitrogens with two attached hydrogens (primary N) is 1. The maximum atomic E-state index is 10.9. The van der Waals surface area contributed by atoms with E-state index in [1.807, 2.05) is 6.92 Å². The van der Waals surface area contributed by atoms with Crippen LogP contribution in [-0.2, 0) is 10.1 Å². The molecule has 0 saturated carbocycles. The first-order valence-electron chi connectivity index (χ1n) is 5.70. The molecule has 0 saturated heterocycles. The zero-order valence-corrected chi connectivity index (χ0v) is 14.5. The maximum Gasteiger partial charge on any atom is 1.00 e. The molecule has 21 heavy (non-hydrogen) atoms. The Morgan fingerprint density at radius 3 is 2.24 bits per heavy atom. The second-order valence-electron chi connectivity index (χ2n) is 4.19. The first-order chi connectivity index (χ1) is 9.36. The average molecular weight is 313 g/mol. The molecule has 2 rings (SSSR count). The van der Waals surface area contributed by atoms with Crippen molar-refractivity contribution >= 4 is 27.2 Å². The summed E-state index contributed by atoms with van der Waals surface area (Å²) in [6, 6.07) is 10.6. The fourth-order valence-corrected chi connectivity index (χ4v) is 2.05. The van der Waals surface area contributed by atoms with E-state index in [9.17, 15) is 13.0 Å². The van der Waals surface area contributed by atoms with Crippen LogP contribution in [0.15, 0.2) is 57.6 Å². The van der Waals surface area contributed by atoms with Crippen LogP contribution >= 0.6 is 0 Å². The number of rotatable bonds is 3. The number of nitrogen functional groups attached to an aromatic ring is 1. The molecule has 0 aromatic heterocycles. The molecule has 104 valence electrons. The van der Waals surface area contributed by atoms with E-state index < -0.39 is 10.1 Å². The molecular weight excluding hydrogens is 301 g/mol. The first-order valence-corrected chi connectivity index (χ1v) is 7.11. The Labute approximate surface area is 145 Å². The molecule has 0 bridgehead atoms. The van der Waals surface area contributed by atoms with E-state index in [1.54, 1.807) is 24.3 Å². The molecule has 0 heterocycles. The van der Waals surface area contributed by atoms with Crippen LogP contribution in [0.3, 0.4) is 0 Å². The summed E-state index contributed by atoms with van der Waals surface area (Å²) in [6.45, 7) is 1.85. The van der Waals surface area contributed by atoms with Gasteiger partial charge in [0.15, 0.2) is 0 Å². The molecule has 2 aromatic rings. The summed E-state index contributed by atoms with van der Waals surface area (Å²) < 4.78 is 32.7. The number of hydrogen-bond donors (Lipinski definition) is 1. The molecule has 8 heteroatoms. The molecule has 6 nitrogen and oxygen atoms in total. The predicted octanol–water partition coefficient (Wildman–Crippen LogP) is -0.0993. The van der Waals surface area contributed by atoms with E-state index in [4.69, 9.17) is 5.73 Å². The summed E-state index contributed by atoms with van der Waals surface area (Å²) in [6.07, 6.45) is 0. The van der Waals surface area contributed by atoms with Gasteiger partial charge in [-0.1, -0.05) is 6.07 Å². The van der Waals surface area contributed by atoms with Crippen LogP contribution in [0.4, 0.5) is 17.1 Å². The Kier molecular flexibility index (Phi) is 6.06. The van der Waals surface area contributed by atoms with E-state index in [0.29, 0.717) is 11.4 Å². The van der Waals surface area contributed by atoms with Crippen molar-refractivity contribution in [1.29, 1.82) is 0 Å². The Balaban J connectivity index is 0.00000220. The van der Waals surface area contributed by atoms with Crippen molar-refractivity contribution in [2.45, 2.75) is 11.8 Å². The van der Waals surface area contributed by atoms with E-state index >= 15 is 0 Å². The Hall–Kier alpha value is -1.25. The van der Waals surface area contributed by atoms with Crippen LogP contribution in [-0.4, -0.2) is 13.0 Å². The number of benzene rings is 2. The zero-order valence-electron chi connectivity index (χ0n) is 11.6.